The zero-order valence-electron chi connectivity index (χ0n) is 17.3. The number of rotatable bonds is 5. The quantitative estimate of drug-likeness (QED) is 0.784. The van der Waals surface area contributed by atoms with Crippen LogP contribution in [0.4, 0.5) is 8.78 Å². The van der Waals surface area contributed by atoms with Gasteiger partial charge in [-0.1, -0.05) is 44.2 Å². The van der Waals surface area contributed by atoms with Crippen molar-refractivity contribution in [2.24, 2.45) is 5.92 Å². The summed E-state index contributed by atoms with van der Waals surface area (Å²) in [6.45, 7) is 7.01. The molecule has 0 aliphatic carbocycles. The normalized spacial score (nSPS) is 17.4. The molecule has 156 valence electrons. The van der Waals surface area contributed by atoms with Crippen LogP contribution in [0.1, 0.15) is 56.2 Å². The second-order valence-corrected chi connectivity index (χ2v) is 8.55. The van der Waals surface area contributed by atoms with Gasteiger partial charge in [0.25, 0.3) is 0 Å². The van der Waals surface area contributed by atoms with E-state index >= 15 is 0 Å². The van der Waals surface area contributed by atoms with Crippen molar-refractivity contribution in [3.05, 3.63) is 70.8 Å². The second-order valence-electron chi connectivity index (χ2n) is 8.55. The average Bonchev–Trinajstić information content (AvgIpc) is 2.69. The molecule has 2 aromatic rings. The van der Waals surface area contributed by atoms with Crippen LogP contribution in [0.25, 0.3) is 0 Å². The van der Waals surface area contributed by atoms with E-state index in [9.17, 15) is 18.7 Å². The van der Waals surface area contributed by atoms with E-state index in [0.29, 0.717) is 37.4 Å². The van der Waals surface area contributed by atoms with Crippen LogP contribution in [0.5, 0.6) is 0 Å². The van der Waals surface area contributed by atoms with Crippen molar-refractivity contribution in [2.75, 3.05) is 13.1 Å². The van der Waals surface area contributed by atoms with Crippen LogP contribution >= 0.6 is 0 Å². The number of halogens is 2. The molecule has 2 aromatic carbocycles. The third kappa shape index (κ3) is 4.84. The monoisotopic (exact) mass is 401 g/mol. The van der Waals surface area contributed by atoms with Gasteiger partial charge in [-0.05, 0) is 60.9 Å². The smallest absolute Gasteiger partial charge is 0.229 e. The molecule has 5 heteroatoms. The zero-order chi connectivity index (χ0) is 21.2. The predicted octanol–water partition coefficient (Wildman–Crippen LogP) is 4.78. The maximum absolute atomic E-state index is 13.6. The van der Waals surface area contributed by atoms with Gasteiger partial charge >= 0.3 is 0 Å². The Morgan fingerprint density at radius 2 is 1.66 bits per heavy atom. The Hall–Kier alpha value is -2.27. The molecule has 0 unspecified atom stereocenters. The molecule has 1 aliphatic heterocycles. The van der Waals surface area contributed by atoms with Gasteiger partial charge in [-0.15, -0.1) is 0 Å². The van der Waals surface area contributed by atoms with Crippen LogP contribution in [-0.2, 0) is 16.8 Å². The highest BCUT2D eigenvalue weighted by Gasteiger charge is 2.37. The fourth-order valence-electron chi connectivity index (χ4n) is 4.00. The van der Waals surface area contributed by atoms with Gasteiger partial charge in [0, 0.05) is 13.1 Å². The molecule has 29 heavy (non-hydrogen) atoms. The predicted molar refractivity (Wildman–Crippen MR) is 109 cm³/mol. The maximum atomic E-state index is 13.6. The van der Waals surface area contributed by atoms with Gasteiger partial charge < -0.3 is 10.0 Å². The first-order valence-corrected chi connectivity index (χ1v) is 10.2. The number of nitrogens with zero attached hydrogens (tertiary/aromatic N) is 1. The summed E-state index contributed by atoms with van der Waals surface area (Å²) in [5.74, 6) is -1.56. The molecule has 0 radical (unpaired) electrons. The fraction of sp³-hybridized carbons (Fsp3) is 0.458. The Morgan fingerprint density at radius 3 is 2.21 bits per heavy atom. The molecular weight excluding hydrogens is 372 g/mol. The number of hydrogen-bond donors (Lipinski definition) is 1. The highest BCUT2D eigenvalue weighted by Crippen LogP contribution is 2.34. The van der Waals surface area contributed by atoms with E-state index in [1.165, 1.54) is 11.6 Å². The SMILES string of the molecule is CC(C)Cc1ccc([C@H](C)C(=O)N2CCC(O)(c3ccc(F)c(F)c3)CC2)cc1. The Bertz CT molecular complexity index is 856. The van der Waals surface area contributed by atoms with E-state index in [1.54, 1.807) is 4.90 Å². The fourth-order valence-corrected chi connectivity index (χ4v) is 4.00. The molecule has 3 nitrogen and oxygen atoms in total. The number of benzene rings is 2. The number of piperidine rings is 1. The molecule has 1 atom stereocenters. The molecule has 1 amide bonds. The highest BCUT2D eigenvalue weighted by atomic mass is 19.2. The Balaban J connectivity index is 1.63. The number of carbonyl (C=O) groups is 1. The summed E-state index contributed by atoms with van der Waals surface area (Å²) in [6.07, 6.45) is 1.60. The number of hydrogen-bond acceptors (Lipinski definition) is 2. The summed E-state index contributed by atoms with van der Waals surface area (Å²) in [5, 5.41) is 10.9. The number of amides is 1. The van der Waals surface area contributed by atoms with Crippen LogP contribution in [-0.4, -0.2) is 29.0 Å². The lowest BCUT2D eigenvalue weighted by Crippen LogP contribution is -2.46. The minimum atomic E-state index is -1.24. The van der Waals surface area contributed by atoms with Crippen molar-refractivity contribution >= 4 is 5.91 Å². The molecule has 0 spiro atoms. The minimum Gasteiger partial charge on any atom is -0.385 e. The van der Waals surface area contributed by atoms with Gasteiger partial charge in [-0.25, -0.2) is 8.78 Å². The van der Waals surface area contributed by atoms with Gasteiger partial charge in [-0.2, -0.15) is 0 Å². The van der Waals surface area contributed by atoms with Crippen LogP contribution < -0.4 is 0 Å². The van der Waals surface area contributed by atoms with Crippen molar-refractivity contribution in [1.29, 1.82) is 0 Å². The van der Waals surface area contributed by atoms with E-state index in [0.717, 1.165) is 24.1 Å². The summed E-state index contributed by atoms with van der Waals surface area (Å²) < 4.78 is 26.7. The van der Waals surface area contributed by atoms with Crippen LogP contribution in [0.3, 0.4) is 0 Å². The van der Waals surface area contributed by atoms with Gasteiger partial charge in [0.2, 0.25) is 5.91 Å². The Kier molecular flexibility index (Phi) is 6.37. The topological polar surface area (TPSA) is 40.5 Å². The minimum absolute atomic E-state index is 0.0222. The molecule has 1 saturated heterocycles. The third-order valence-electron chi connectivity index (χ3n) is 5.85. The molecule has 0 bridgehead atoms. The third-order valence-corrected chi connectivity index (χ3v) is 5.85. The van der Waals surface area contributed by atoms with Gasteiger partial charge in [0.05, 0.1) is 11.5 Å². The van der Waals surface area contributed by atoms with Crippen molar-refractivity contribution in [3.8, 4) is 0 Å². The first-order chi connectivity index (χ1) is 13.7. The lowest BCUT2D eigenvalue weighted by atomic mass is 9.84. The highest BCUT2D eigenvalue weighted by molar-refractivity contribution is 5.83. The lowest BCUT2D eigenvalue weighted by Gasteiger charge is -2.39. The number of aliphatic hydroxyl groups is 1. The molecule has 3 rings (SSSR count). The lowest BCUT2D eigenvalue weighted by molar-refractivity contribution is -0.137. The standard InChI is InChI=1S/C24H29F2NO2/c1-16(2)14-18-4-6-19(7-5-18)17(3)23(28)27-12-10-24(29,11-13-27)20-8-9-21(25)22(26)15-20/h4-9,15-17,29H,10-14H2,1-3H3/t17-/m0/s1. The maximum Gasteiger partial charge on any atom is 0.229 e. The second kappa shape index (κ2) is 8.62. The molecular formula is C24H29F2NO2. The van der Waals surface area contributed by atoms with Gasteiger partial charge in [0.15, 0.2) is 11.6 Å². The van der Waals surface area contributed by atoms with E-state index in [2.05, 4.69) is 26.0 Å². The van der Waals surface area contributed by atoms with Crippen molar-refractivity contribution in [3.63, 3.8) is 0 Å². The molecule has 0 saturated carbocycles. The molecule has 1 fully saturated rings. The number of carbonyl (C=O) groups excluding carboxylic acids is 1. The first-order valence-electron chi connectivity index (χ1n) is 10.2. The summed E-state index contributed by atoms with van der Waals surface area (Å²) in [4.78, 5) is 14.7. The van der Waals surface area contributed by atoms with Gasteiger partial charge in [-0.3, -0.25) is 4.79 Å². The summed E-state index contributed by atoms with van der Waals surface area (Å²) in [6, 6.07) is 11.7. The zero-order valence-corrected chi connectivity index (χ0v) is 17.3. The summed E-state index contributed by atoms with van der Waals surface area (Å²) >= 11 is 0. The Labute approximate surface area is 171 Å². The average molecular weight is 401 g/mol. The molecule has 1 heterocycles. The van der Waals surface area contributed by atoms with E-state index in [4.69, 9.17) is 0 Å². The van der Waals surface area contributed by atoms with Crippen molar-refractivity contribution in [1.82, 2.24) is 4.90 Å². The van der Waals surface area contributed by atoms with Crippen molar-refractivity contribution in [2.45, 2.75) is 51.6 Å². The molecule has 0 aromatic heterocycles. The summed E-state index contributed by atoms with van der Waals surface area (Å²) in [5.41, 5.74) is 1.35. The van der Waals surface area contributed by atoms with Gasteiger partial charge in [0.1, 0.15) is 0 Å². The van der Waals surface area contributed by atoms with Crippen LogP contribution in [0.15, 0.2) is 42.5 Å². The largest absolute Gasteiger partial charge is 0.385 e. The van der Waals surface area contributed by atoms with E-state index < -0.39 is 17.2 Å². The van der Waals surface area contributed by atoms with Crippen molar-refractivity contribution < 1.29 is 18.7 Å². The number of likely N-dealkylation sites (tertiary alicyclic amines) is 1. The van der Waals surface area contributed by atoms with Crippen LogP contribution in [0, 0.1) is 17.6 Å². The summed E-state index contributed by atoms with van der Waals surface area (Å²) in [7, 11) is 0. The van der Waals surface area contributed by atoms with Crippen LogP contribution in [0.2, 0.25) is 0 Å². The van der Waals surface area contributed by atoms with E-state index in [1.807, 2.05) is 19.1 Å². The molecule has 1 N–H and O–H groups in total. The molecule has 1 aliphatic rings. The van der Waals surface area contributed by atoms with E-state index in [-0.39, 0.29) is 11.8 Å². The Morgan fingerprint density at radius 1 is 1.03 bits per heavy atom. The first kappa shape index (κ1) is 21.4.